The fourth-order valence-electron chi connectivity index (χ4n) is 3.87. The van der Waals surface area contributed by atoms with Crippen molar-refractivity contribution in [3.63, 3.8) is 0 Å². The van der Waals surface area contributed by atoms with E-state index in [4.69, 9.17) is 28.3 Å². The van der Waals surface area contributed by atoms with Crippen molar-refractivity contribution >= 4 is 58.5 Å². The van der Waals surface area contributed by atoms with Crippen LogP contribution in [0.5, 0.6) is 5.88 Å². The third-order valence-corrected chi connectivity index (χ3v) is 8.08. The molecule has 0 aliphatic heterocycles. The molecular weight excluding hydrogens is 489 g/mol. The summed E-state index contributed by atoms with van der Waals surface area (Å²) in [5, 5.41) is 21.4. The Hall–Kier alpha value is -1.51. The topological polar surface area (TPSA) is 79.7 Å². The van der Waals surface area contributed by atoms with Crippen LogP contribution in [0, 0.1) is 11.8 Å². The van der Waals surface area contributed by atoms with Gasteiger partial charge in [-0.1, -0.05) is 47.7 Å². The lowest BCUT2D eigenvalue weighted by Gasteiger charge is -2.20. The molecule has 32 heavy (non-hydrogen) atoms. The van der Waals surface area contributed by atoms with E-state index in [9.17, 15) is 9.90 Å². The van der Waals surface area contributed by atoms with Gasteiger partial charge < -0.3 is 14.9 Å². The average molecular weight is 514 g/mol. The number of aliphatic hydroxyl groups is 1. The highest BCUT2D eigenvalue weighted by Crippen LogP contribution is 2.41. The lowest BCUT2D eigenvalue weighted by Crippen LogP contribution is -2.19. The molecule has 4 atom stereocenters. The number of thiazole rings is 1. The quantitative estimate of drug-likeness (QED) is 0.158. The molecule has 1 aromatic carbocycles. The molecular formula is C23H25Cl2NO4S2. The zero-order chi connectivity index (χ0) is 23.1. The van der Waals surface area contributed by atoms with Gasteiger partial charge in [0.2, 0.25) is 5.88 Å². The van der Waals surface area contributed by atoms with E-state index in [-0.39, 0.29) is 23.1 Å². The minimum atomic E-state index is -1.38. The molecule has 2 aromatic rings. The summed E-state index contributed by atoms with van der Waals surface area (Å²) < 4.78 is 5.30. The molecule has 0 saturated heterocycles. The van der Waals surface area contributed by atoms with Crippen LogP contribution < -0.4 is 4.74 Å². The first-order valence-electron chi connectivity index (χ1n) is 10.3. The van der Waals surface area contributed by atoms with Crippen LogP contribution in [-0.4, -0.2) is 38.6 Å². The molecule has 1 aliphatic rings. The number of nitrogens with zero attached hydrogens (tertiary/aromatic N) is 1. The zero-order valence-corrected chi connectivity index (χ0v) is 20.5. The number of benzene rings is 1. The number of carbonyl (C=O) groups is 1. The minimum Gasteiger partial charge on any atom is -0.449 e. The number of thioether (sulfide) groups is 1. The first-order valence-corrected chi connectivity index (χ1v) is 12.9. The van der Waals surface area contributed by atoms with Crippen molar-refractivity contribution in [2.75, 3.05) is 5.75 Å². The van der Waals surface area contributed by atoms with Gasteiger partial charge in [0.15, 0.2) is 4.34 Å². The van der Waals surface area contributed by atoms with Gasteiger partial charge in [-0.3, -0.25) is 0 Å². The molecule has 0 unspecified atom stereocenters. The molecule has 3 rings (SSSR count). The predicted octanol–water partition coefficient (Wildman–Crippen LogP) is 6.77. The molecule has 1 aromatic heterocycles. The van der Waals surface area contributed by atoms with Crippen LogP contribution in [0.4, 0.5) is 4.79 Å². The van der Waals surface area contributed by atoms with Gasteiger partial charge in [-0.05, 0) is 54.9 Å². The SMILES string of the molecule is C=CCCc1cc(Cl)cc(/C=C\[C@@H]2[C@@H](CCSc3nc(OC(=O)O)cs3)[C@H](Cl)C[C@H]2O)c1. The molecule has 2 N–H and O–H groups in total. The lowest BCUT2D eigenvalue weighted by molar-refractivity contribution is 0.141. The van der Waals surface area contributed by atoms with E-state index in [1.807, 2.05) is 30.4 Å². The minimum absolute atomic E-state index is 0.0455. The van der Waals surface area contributed by atoms with Gasteiger partial charge >= 0.3 is 6.16 Å². The molecule has 0 bridgehead atoms. The summed E-state index contributed by atoms with van der Waals surface area (Å²) in [5.41, 5.74) is 2.16. The monoisotopic (exact) mass is 513 g/mol. The summed E-state index contributed by atoms with van der Waals surface area (Å²) in [4.78, 5) is 14.7. The Kier molecular flexibility index (Phi) is 9.49. The number of aliphatic hydroxyl groups excluding tert-OH is 1. The van der Waals surface area contributed by atoms with Crippen LogP contribution in [0.3, 0.4) is 0 Å². The summed E-state index contributed by atoms with van der Waals surface area (Å²) >= 11 is 15.7. The molecule has 172 valence electrons. The van der Waals surface area contributed by atoms with Crippen LogP contribution in [0.1, 0.15) is 30.4 Å². The van der Waals surface area contributed by atoms with Crippen molar-refractivity contribution in [2.24, 2.45) is 11.8 Å². The van der Waals surface area contributed by atoms with E-state index < -0.39 is 12.3 Å². The van der Waals surface area contributed by atoms with Crippen molar-refractivity contribution in [1.82, 2.24) is 4.98 Å². The molecule has 0 amide bonds. The smallest absolute Gasteiger partial charge is 0.449 e. The van der Waals surface area contributed by atoms with E-state index in [1.165, 1.54) is 23.1 Å². The molecule has 1 aliphatic carbocycles. The Morgan fingerprint density at radius 2 is 2.22 bits per heavy atom. The van der Waals surface area contributed by atoms with Crippen LogP contribution in [-0.2, 0) is 6.42 Å². The second-order valence-electron chi connectivity index (χ2n) is 7.60. The maximum atomic E-state index is 10.6. The number of ether oxygens (including phenoxy) is 1. The summed E-state index contributed by atoms with van der Waals surface area (Å²) in [6.45, 7) is 3.77. The number of alkyl halides is 1. The summed E-state index contributed by atoms with van der Waals surface area (Å²) in [5.74, 6) is 0.931. The molecule has 1 fully saturated rings. The number of hydrogen-bond acceptors (Lipinski definition) is 6. The van der Waals surface area contributed by atoms with Crippen molar-refractivity contribution in [1.29, 1.82) is 0 Å². The van der Waals surface area contributed by atoms with Gasteiger partial charge in [0.05, 0.1) is 11.5 Å². The standard InChI is InChI=1S/C23H25Cl2NO4S2/c1-2-3-4-14-9-15(11-16(24)10-14)5-6-18-17(19(25)12-20(18)27)7-8-31-22-26-21(13-32-22)30-23(28)29/h2,5-6,9-11,13,17-20,27H,1,3-4,7-8,12H2,(H,28,29)/b6-5-/t17-,18-,19-,20-/m1/s1. The second-order valence-corrected chi connectivity index (χ2v) is 10.8. The predicted molar refractivity (Wildman–Crippen MR) is 132 cm³/mol. The molecule has 1 saturated carbocycles. The van der Waals surface area contributed by atoms with E-state index >= 15 is 0 Å². The number of hydrogen-bond donors (Lipinski definition) is 2. The van der Waals surface area contributed by atoms with Crippen molar-refractivity contribution < 1.29 is 19.7 Å². The fraction of sp³-hybridized carbons (Fsp3) is 0.391. The first-order chi connectivity index (χ1) is 15.4. The number of halogens is 2. The van der Waals surface area contributed by atoms with E-state index in [1.54, 1.807) is 5.38 Å². The summed E-state index contributed by atoms with van der Waals surface area (Å²) in [7, 11) is 0. The number of carboxylic acid groups (broad SMARTS) is 1. The molecule has 0 spiro atoms. The van der Waals surface area contributed by atoms with Gasteiger partial charge in [-0.15, -0.1) is 29.5 Å². The maximum Gasteiger partial charge on any atom is 0.512 e. The number of aromatic nitrogens is 1. The average Bonchev–Trinajstić information content (AvgIpc) is 3.27. The maximum absolute atomic E-state index is 10.6. The van der Waals surface area contributed by atoms with Crippen molar-refractivity contribution in [2.45, 2.75) is 41.5 Å². The fourth-order valence-corrected chi connectivity index (χ4v) is 6.44. The van der Waals surface area contributed by atoms with Crippen molar-refractivity contribution in [3.05, 3.63) is 58.5 Å². The second kappa shape index (κ2) is 12.1. The number of aryl methyl sites for hydroxylation is 1. The molecule has 5 nitrogen and oxygen atoms in total. The van der Waals surface area contributed by atoms with Gasteiger partial charge in [0.1, 0.15) is 0 Å². The van der Waals surface area contributed by atoms with Gasteiger partial charge in [0, 0.05) is 22.1 Å². The normalized spacial score (nSPS) is 23.0. The Morgan fingerprint density at radius 1 is 1.41 bits per heavy atom. The van der Waals surface area contributed by atoms with Crippen LogP contribution in [0.25, 0.3) is 6.08 Å². The van der Waals surface area contributed by atoms with Gasteiger partial charge in [-0.25, -0.2) is 4.79 Å². The van der Waals surface area contributed by atoms with Crippen LogP contribution in [0.15, 0.2) is 46.6 Å². The molecule has 9 heteroatoms. The van der Waals surface area contributed by atoms with Gasteiger partial charge in [0.25, 0.3) is 0 Å². The summed E-state index contributed by atoms with van der Waals surface area (Å²) in [6.07, 6.45) is 7.23. The molecule has 1 heterocycles. The highest BCUT2D eigenvalue weighted by atomic mass is 35.5. The van der Waals surface area contributed by atoms with E-state index in [0.717, 1.165) is 40.5 Å². The Labute approximate surface area is 206 Å². The highest BCUT2D eigenvalue weighted by Gasteiger charge is 2.39. The Bertz CT molecular complexity index is 965. The highest BCUT2D eigenvalue weighted by molar-refractivity contribution is 8.01. The van der Waals surface area contributed by atoms with E-state index in [0.29, 0.717) is 11.4 Å². The Morgan fingerprint density at radius 3 is 2.97 bits per heavy atom. The van der Waals surface area contributed by atoms with Crippen molar-refractivity contribution in [3.8, 4) is 5.88 Å². The number of rotatable bonds is 10. The summed E-state index contributed by atoms with van der Waals surface area (Å²) in [6, 6.07) is 5.99. The number of allylic oxidation sites excluding steroid dienone is 1. The third-order valence-electron chi connectivity index (χ3n) is 5.33. The van der Waals surface area contributed by atoms with Crippen LogP contribution >= 0.6 is 46.3 Å². The third kappa shape index (κ3) is 7.25. The molecule has 0 radical (unpaired) electrons. The van der Waals surface area contributed by atoms with Crippen LogP contribution in [0.2, 0.25) is 5.02 Å². The first kappa shape index (κ1) is 25.1. The zero-order valence-electron chi connectivity index (χ0n) is 17.3. The largest absolute Gasteiger partial charge is 0.512 e. The van der Waals surface area contributed by atoms with Gasteiger partial charge in [-0.2, -0.15) is 4.98 Å². The van der Waals surface area contributed by atoms with E-state index in [2.05, 4.69) is 22.4 Å². The Balaban J connectivity index is 1.61. The lowest BCUT2D eigenvalue weighted by atomic mass is 9.91.